The first-order chi connectivity index (χ1) is 11.5. The van der Waals surface area contributed by atoms with Gasteiger partial charge < -0.3 is 10.1 Å². The number of halogens is 2. The Morgan fingerprint density at radius 2 is 2.04 bits per heavy atom. The number of nitrogens with one attached hydrogen (secondary N) is 1. The molecule has 1 aromatic carbocycles. The van der Waals surface area contributed by atoms with E-state index in [2.05, 4.69) is 26.2 Å². The van der Waals surface area contributed by atoms with Gasteiger partial charge in [0.15, 0.2) is 0 Å². The lowest BCUT2D eigenvalue weighted by atomic mass is 10.3. The van der Waals surface area contributed by atoms with E-state index in [0.717, 1.165) is 10.2 Å². The van der Waals surface area contributed by atoms with Crippen molar-refractivity contribution in [3.05, 3.63) is 63.5 Å². The van der Waals surface area contributed by atoms with E-state index in [9.17, 15) is 4.79 Å². The summed E-state index contributed by atoms with van der Waals surface area (Å²) in [5.74, 6) is 0.548. The predicted molar refractivity (Wildman–Crippen MR) is 96.9 cm³/mol. The van der Waals surface area contributed by atoms with Gasteiger partial charge in [0, 0.05) is 10.7 Å². The van der Waals surface area contributed by atoms with Crippen LogP contribution < -0.4 is 10.1 Å². The van der Waals surface area contributed by atoms with Crippen molar-refractivity contribution in [2.45, 2.75) is 6.92 Å². The Labute approximate surface area is 152 Å². The van der Waals surface area contributed by atoms with Crippen LogP contribution in [0.4, 0.5) is 0 Å². The van der Waals surface area contributed by atoms with Crippen molar-refractivity contribution >= 4 is 39.1 Å². The average Bonchev–Trinajstić information content (AvgIpc) is 2.88. The Kier molecular flexibility index (Phi) is 5.06. The zero-order valence-electron chi connectivity index (χ0n) is 12.9. The monoisotopic (exact) mass is 407 g/mol. The van der Waals surface area contributed by atoms with Gasteiger partial charge in [0.1, 0.15) is 23.7 Å². The first kappa shape index (κ1) is 16.8. The summed E-state index contributed by atoms with van der Waals surface area (Å²) in [7, 11) is 0. The zero-order chi connectivity index (χ0) is 17.1. The minimum absolute atomic E-state index is 0.207. The molecule has 0 aliphatic carbocycles. The summed E-state index contributed by atoms with van der Waals surface area (Å²) in [5.41, 5.74) is 1.83. The Bertz CT molecular complexity index is 877. The second-order valence-corrected chi connectivity index (χ2v) is 6.53. The number of rotatable bonds is 5. The molecule has 2 aromatic heterocycles. The van der Waals surface area contributed by atoms with Crippen LogP contribution in [-0.2, 0) is 0 Å². The van der Waals surface area contributed by atoms with Gasteiger partial charge >= 0.3 is 0 Å². The number of pyridine rings is 1. The number of carbonyl (C=O) groups excluding carboxylic acids is 1. The maximum atomic E-state index is 12.4. The van der Waals surface area contributed by atoms with Crippen LogP contribution in [0.2, 0.25) is 5.02 Å². The third-order valence-electron chi connectivity index (χ3n) is 3.44. The molecule has 0 spiro atoms. The number of imidazole rings is 1. The number of ether oxygens (including phenoxy) is 1. The van der Waals surface area contributed by atoms with Gasteiger partial charge in [-0.1, -0.05) is 27.5 Å². The highest BCUT2D eigenvalue weighted by molar-refractivity contribution is 9.10. The number of aromatic nitrogens is 2. The molecule has 0 saturated carbocycles. The lowest BCUT2D eigenvalue weighted by Crippen LogP contribution is -2.29. The van der Waals surface area contributed by atoms with Crippen LogP contribution in [-0.4, -0.2) is 28.4 Å². The molecule has 0 fully saturated rings. The summed E-state index contributed by atoms with van der Waals surface area (Å²) in [6, 6.07) is 11.1. The molecule has 0 saturated heterocycles. The van der Waals surface area contributed by atoms with Gasteiger partial charge in [-0.15, -0.1) is 0 Å². The van der Waals surface area contributed by atoms with Gasteiger partial charge in [-0.3, -0.25) is 9.20 Å². The molecule has 2 heterocycles. The molecule has 0 bridgehead atoms. The second kappa shape index (κ2) is 7.23. The Balaban J connectivity index is 1.62. The van der Waals surface area contributed by atoms with Crippen molar-refractivity contribution < 1.29 is 9.53 Å². The predicted octanol–water partition coefficient (Wildman–Crippen LogP) is 3.87. The van der Waals surface area contributed by atoms with Gasteiger partial charge in [0.2, 0.25) is 0 Å². The van der Waals surface area contributed by atoms with E-state index in [1.807, 2.05) is 24.3 Å². The molecule has 5 nitrogen and oxygen atoms in total. The van der Waals surface area contributed by atoms with Crippen molar-refractivity contribution in [2.75, 3.05) is 13.2 Å². The standard InChI is InChI=1S/C17H15BrClN3O2/c1-11-16(22-10-13(19)4-7-15(22)21-11)17(23)20-8-9-24-14-5-2-12(18)3-6-14/h2-7,10H,8-9H2,1H3,(H,20,23). The van der Waals surface area contributed by atoms with Gasteiger partial charge in [-0.25, -0.2) is 4.98 Å². The van der Waals surface area contributed by atoms with Crippen molar-refractivity contribution in [3.8, 4) is 5.75 Å². The van der Waals surface area contributed by atoms with E-state index in [1.54, 1.807) is 29.7 Å². The highest BCUT2D eigenvalue weighted by Gasteiger charge is 2.16. The summed E-state index contributed by atoms with van der Waals surface area (Å²) in [6.45, 7) is 2.57. The van der Waals surface area contributed by atoms with E-state index in [4.69, 9.17) is 16.3 Å². The van der Waals surface area contributed by atoms with E-state index in [-0.39, 0.29) is 5.91 Å². The molecule has 124 valence electrons. The summed E-state index contributed by atoms with van der Waals surface area (Å²) < 4.78 is 8.27. The zero-order valence-corrected chi connectivity index (χ0v) is 15.3. The maximum Gasteiger partial charge on any atom is 0.270 e. The van der Waals surface area contributed by atoms with Crippen molar-refractivity contribution in [1.82, 2.24) is 14.7 Å². The van der Waals surface area contributed by atoms with Crippen molar-refractivity contribution in [2.24, 2.45) is 0 Å². The van der Waals surface area contributed by atoms with Gasteiger partial charge in [0.05, 0.1) is 17.3 Å². The molecule has 0 aliphatic heterocycles. The fourth-order valence-corrected chi connectivity index (χ4v) is 2.78. The summed E-state index contributed by atoms with van der Waals surface area (Å²) >= 11 is 9.38. The van der Waals surface area contributed by atoms with E-state index < -0.39 is 0 Å². The SMILES string of the molecule is Cc1nc2ccc(Cl)cn2c1C(=O)NCCOc1ccc(Br)cc1. The first-order valence-electron chi connectivity index (χ1n) is 7.35. The van der Waals surface area contributed by atoms with Crippen LogP contribution in [0.15, 0.2) is 47.1 Å². The van der Waals surface area contributed by atoms with E-state index in [0.29, 0.717) is 35.2 Å². The Hall–Kier alpha value is -2.05. The van der Waals surface area contributed by atoms with Crippen LogP contribution in [0.5, 0.6) is 5.75 Å². The molecular formula is C17H15BrClN3O2. The molecule has 0 atom stereocenters. The highest BCUT2D eigenvalue weighted by Crippen LogP contribution is 2.17. The lowest BCUT2D eigenvalue weighted by Gasteiger charge is -2.08. The van der Waals surface area contributed by atoms with Crippen LogP contribution >= 0.6 is 27.5 Å². The third-order valence-corrected chi connectivity index (χ3v) is 4.19. The highest BCUT2D eigenvalue weighted by atomic mass is 79.9. The molecule has 1 N–H and O–H groups in total. The number of amides is 1. The van der Waals surface area contributed by atoms with Crippen LogP contribution in [0, 0.1) is 6.92 Å². The molecular weight excluding hydrogens is 394 g/mol. The van der Waals surface area contributed by atoms with Gasteiger partial charge in [-0.2, -0.15) is 0 Å². The number of hydrogen-bond donors (Lipinski definition) is 1. The van der Waals surface area contributed by atoms with Crippen molar-refractivity contribution in [1.29, 1.82) is 0 Å². The molecule has 24 heavy (non-hydrogen) atoms. The fourth-order valence-electron chi connectivity index (χ4n) is 2.36. The fraction of sp³-hybridized carbons (Fsp3) is 0.176. The number of carbonyl (C=O) groups is 1. The van der Waals surface area contributed by atoms with Crippen LogP contribution in [0.3, 0.4) is 0 Å². The van der Waals surface area contributed by atoms with E-state index in [1.165, 1.54) is 0 Å². The summed E-state index contributed by atoms with van der Waals surface area (Å²) in [4.78, 5) is 16.8. The molecule has 0 radical (unpaired) electrons. The first-order valence-corrected chi connectivity index (χ1v) is 8.52. The quantitative estimate of drug-likeness (QED) is 0.652. The third kappa shape index (κ3) is 3.71. The largest absolute Gasteiger partial charge is 0.492 e. The van der Waals surface area contributed by atoms with Gasteiger partial charge in [-0.05, 0) is 43.3 Å². The Morgan fingerprint density at radius 3 is 2.79 bits per heavy atom. The molecule has 7 heteroatoms. The number of benzene rings is 1. The number of nitrogens with zero attached hydrogens (tertiary/aromatic N) is 2. The molecule has 3 aromatic rings. The number of aryl methyl sites for hydroxylation is 1. The minimum Gasteiger partial charge on any atom is -0.492 e. The minimum atomic E-state index is -0.207. The average molecular weight is 409 g/mol. The normalized spacial score (nSPS) is 10.8. The summed E-state index contributed by atoms with van der Waals surface area (Å²) in [5, 5.41) is 3.39. The van der Waals surface area contributed by atoms with Crippen LogP contribution in [0.25, 0.3) is 5.65 Å². The maximum absolute atomic E-state index is 12.4. The second-order valence-electron chi connectivity index (χ2n) is 5.18. The molecule has 0 unspecified atom stereocenters. The number of hydrogen-bond acceptors (Lipinski definition) is 3. The molecule has 1 amide bonds. The number of fused-ring (bicyclic) bond motifs is 1. The molecule has 3 rings (SSSR count). The lowest BCUT2D eigenvalue weighted by molar-refractivity contribution is 0.0940. The molecule has 0 aliphatic rings. The topological polar surface area (TPSA) is 55.6 Å². The van der Waals surface area contributed by atoms with E-state index >= 15 is 0 Å². The van der Waals surface area contributed by atoms with Crippen LogP contribution in [0.1, 0.15) is 16.2 Å². The Morgan fingerprint density at radius 1 is 1.29 bits per heavy atom. The van der Waals surface area contributed by atoms with Crippen molar-refractivity contribution in [3.63, 3.8) is 0 Å². The smallest absolute Gasteiger partial charge is 0.270 e. The summed E-state index contributed by atoms with van der Waals surface area (Å²) in [6.07, 6.45) is 1.68. The van der Waals surface area contributed by atoms with Gasteiger partial charge in [0.25, 0.3) is 5.91 Å².